The number of ketones is 1. The quantitative estimate of drug-likeness (QED) is 0.798. The summed E-state index contributed by atoms with van der Waals surface area (Å²) >= 11 is 6.22. The fourth-order valence-corrected chi connectivity index (χ4v) is 4.17. The highest BCUT2D eigenvalue weighted by Gasteiger charge is 2.42. The molecule has 1 aliphatic carbocycles. The van der Waals surface area contributed by atoms with E-state index in [1.165, 1.54) is 0 Å². The Balaban J connectivity index is 1.95. The van der Waals surface area contributed by atoms with Crippen LogP contribution in [0.15, 0.2) is 35.5 Å². The fraction of sp³-hybridized carbons (Fsp3) is 0.368. The lowest BCUT2D eigenvalue weighted by Gasteiger charge is -2.38. The molecule has 0 spiro atoms. The maximum atomic E-state index is 13.0. The number of aromatic amines is 1. The molecule has 24 heavy (non-hydrogen) atoms. The molecule has 0 fully saturated rings. The molecule has 0 unspecified atom stereocenters. The largest absolute Gasteiger partial charge is 0.342 e. The van der Waals surface area contributed by atoms with Crippen LogP contribution >= 0.6 is 11.6 Å². The van der Waals surface area contributed by atoms with Crippen LogP contribution in [0, 0.1) is 12.3 Å². The van der Waals surface area contributed by atoms with Gasteiger partial charge in [0.05, 0.1) is 0 Å². The van der Waals surface area contributed by atoms with Gasteiger partial charge in [-0.25, -0.2) is 0 Å². The third kappa shape index (κ3) is 2.37. The molecule has 2 aliphatic rings. The lowest BCUT2D eigenvalue weighted by Crippen LogP contribution is -2.33. The number of nitrogens with zero attached hydrogens (tertiary/aromatic N) is 1. The molecular weight excluding hydrogens is 322 g/mol. The predicted octanol–water partition coefficient (Wildman–Crippen LogP) is 4.57. The monoisotopic (exact) mass is 341 g/mol. The molecule has 0 bridgehead atoms. The van der Waals surface area contributed by atoms with E-state index >= 15 is 0 Å². The summed E-state index contributed by atoms with van der Waals surface area (Å²) in [6.07, 6.45) is 1.41. The topological polar surface area (TPSA) is 57.8 Å². The summed E-state index contributed by atoms with van der Waals surface area (Å²) in [6.45, 7) is 6.26. The van der Waals surface area contributed by atoms with Crippen LogP contribution in [-0.4, -0.2) is 16.0 Å². The number of hydrogen-bond donors (Lipinski definition) is 2. The van der Waals surface area contributed by atoms with E-state index in [0.29, 0.717) is 11.4 Å². The van der Waals surface area contributed by atoms with Gasteiger partial charge in [0.2, 0.25) is 0 Å². The highest BCUT2D eigenvalue weighted by Crippen LogP contribution is 2.49. The lowest BCUT2D eigenvalue weighted by molar-refractivity contribution is -0.118. The van der Waals surface area contributed by atoms with Gasteiger partial charge in [-0.1, -0.05) is 37.6 Å². The number of nitrogens with one attached hydrogen (secondary N) is 2. The van der Waals surface area contributed by atoms with Crippen LogP contribution in [0.3, 0.4) is 0 Å². The number of H-pyrrole nitrogens is 1. The molecule has 1 atom stereocenters. The molecule has 2 aromatic rings. The van der Waals surface area contributed by atoms with Crippen LogP contribution < -0.4 is 5.32 Å². The highest BCUT2D eigenvalue weighted by molar-refractivity contribution is 6.30. The van der Waals surface area contributed by atoms with Gasteiger partial charge < -0.3 is 5.32 Å². The molecule has 5 heteroatoms. The minimum atomic E-state index is -0.114. The van der Waals surface area contributed by atoms with Gasteiger partial charge >= 0.3 is 0 Å². The van der Waals surface area contributed by atoms with Gasteiger partial charge in [0.25, 0.3) is 0 Å². The van der Waals surface area contributed by atoms with E-state index in [4.69, 9.17) is 11.6 Å². The Bertz CT molecular complexity index is 878. The third-order valence-corrected chi connectivity index (χ3v) is 5.18. The van der Waals surface area contributed by atoms with Crippen molar-refractivity contribution in [3.05, 3.63) is 57.4 Å². The van der Waals surface area contributed by atoms with Crippen LogP contribution in [0.1, 0.15) is 49.4 Å². The summed E-state index contributed by atoms with van der Waals surface area (Å²) in [5.41, 5.74) is 4.89. The van der Waals surface area contributed by atoms with Gasteiger partial charge in [-0.05, 0) is 36.5 Å². The van der Waals surface area contributed by atoms with E-state index in [1.54, 1.807) is 0 Å². The SMILES string of the molecule is Cc1[nH]nc2c1[C@@H](c1cccc(Cl)c1)C1=C(CC(C)(C)CC1=O)N2. The normalized spacial score (nSPS) is 22.0. The molecule has 0 radical (unpaired) electrons. The number of aryl methyl sites for hydroxylation is 1. The van der Waals surface area contributed by atoms with Crippen molar-refractivity contribution < 1.29 is 4.79 Å². The van der Waals surface area contributed by atoms with E-state index in [0.717, 1.165) is 40.3 Å². The van der Waals surface area contributed by atoms with Crippen molar-refractivity contribution in [3.8, 4) is 0 Å². The number of allylic oxidation sites excluding steroid dienone is 2. The molecule has 4 rings (SSSR count). The van der Waals surface area contributed by atoms with E-state index in [2.05, 4.69) is 29.4 Å². The van der Waals surface area contributed by atoms with Crippen LogP contribution in [0.25, 0.3) is 0 Å². The van der Waals surface area contributed by atoms with Crippen LogP contribution in [0.2, 0.25) is 5.02 Å². The number of rotatable bonds is 1. The Hall–Kier alpha value is -2.07. The molecule has 1 aromatic carbocycles. The van der Waals surface area contributed by atoms with Gasteiger partial charge in [-0.2, -0.15) is 5.10 Å². The van der Waals surface area contributed by atoms with Crippen molar-refractivity contribution in [3.63, 3.8) is 0 Å². The number of anilines is 1. The van der Waals surface area contributed by atoms with Gasteiger partial charge in [0.1, 0.15) is 0 Å². The van der Waals surface area contributed by atoms with Crippen molar-refractivity contribution >= 4 is 23.2 Å². The molecule has 2 N–H and O–H groups in total. The molecule has 1 aromatic heterocycles. The van der Waals surface area contributed by atoms with Crippen molar-refractivity contribution in [1.29, 1.82) is 0 Å². The van der Waals surface area contributed by atoms with E-state index in [9.17, 15) is 4.79 Å². The summed E-state index contributed by atoms with van der Waals surface area (Å²) in [5, 5.41) is 11.5. The number of carbonyl (C=O) groups excluding carboxylic acids is 1. The molecule has 0 saturated carbocycles. The molecule has 0 amide bonds. The molecule has 0 saturated heterocycles. The van der Waals surface area contributed by atoms with Gasteiger partial charge in [-0.3, -0.25) is 9.89 Å². The fourth-order valence-electron chi connectivity index (χ4n) is 3.97. The Labute approximate surface area is 146 Å². The first-order valence-electron chi connectivity index (χ1n) is 8.19. The van der Waals surface area contributed by atoms with Crippen molar-refractivity contribution in [2.45, 2.75) is 39.5 Å². The lowest BCUT2D eigenvalue weighted by atomic mass is 9.69. The van der Waals surface area contributed by atoms with Crippen molar-refractivity contribution in [2.24, 2.45) is 5.41 Å². The van der Waals surface area contributed by atoms with E-state index in [-0.39, 0.29) is 17.1 Å². The number of Topliss-reactive ketones (excluding diaryl/α,β-unsaturated/α-hetero) is 1. The second-order valence-corrected chi connectivity index (χ2v) is 7.99. The Morgan fingerprint density at radius 3 is 2.83 bits per heavy atom. The van der Waals surface area contributed by atoms with Crippen molar-refractivity contribution in [2.75, 3.05) is 5.32 Å². The molecule has 124 valence electrons. The van der Waals surface area contributed by atoms with Crippen LogP contribution in [0.5, 0.6) is 0 Å². The van der Waals surface area contributed by atoms with Gasteiger partial charge in [0, 0.05) is 39.9 Å². The molecule has 4 nitrogen and oxygen atoms in total. The number of fused-ring (bicyclic) bond motifs is 1. The van der Waals surface area contributed by atoms with Gasteiger partial charge in [-0.15, -0.1) is 0 Å². The first kappa shape index (κ1) is 15.5. The number of hydrogen-bond acceptors (Lipinski definition) is 3. The third-order valence-electron chi connectivity index (χ3n) is 4.94. The molecule has 2 heterocycles. The molecule has 1 aliphatic heterocycles. The van der Waals surface area contributed by atoms with Crippen LogP contribution in [0.4, 0.5) is 5.82 Å². The zero-order chi connectivity index (χ0) is 17.1. The smallest absolute Gasteiger partial charge is 0.162 e. The van der Waals surface area contributed by atoms with Gasteiger partial charge in [0.15, 0.2) is 11.6 Å². The standard InChI is InChI=1S/C19H20ClN3O/c1-10-15-16(11-5-4-6-12(20)7-11)17-13(21-18(15)23-22-10)8-19(2,3)9-14(17)24/h4-7,16H,8-9H2,1-3H3,(H2,21,22,23)/t16-/m1/s1. The Morgan fingerprint density at radius 1 is 1.29 bits per heavy atom. The first-order chi connectivity index (χ1) is 11.4. The zero-order valence-corrected chi connectivity index (χ0v) is 14.8. The number of carbonyl (C=O) groups is 1. The first-order valence-corrected chi connectivity index (χ1v) is 8.57. The second kappa shape index (κ2) is 5.21. The number of benzene rings is 1. The van der Waals surface area contributed by atoms with Crippen LogP contribution in [-0.2, 0) is 4.79 Å². The molecular formula is C19H20ClN3O. The number of halogens is 1. The summed E-state index contributed by atoms with van der Waals surface area (Å²) in [6, 6.07) is 7.78. The Kier molecular flexibility index (Phi) is 3.36. The predicted molar refractivity (Wildman–Crippen MR) is 95.3 cm³/mol. The number of aromatic nitrogens is 2. The van der Waals surface area contributed by atoms with Crippen molar-refractivity contribution in [1.82, 2.24) is 10.2 Å². The summed E-state index contributed by atoms with van der Waals surface area (Å²) in [7, 11) is 0. The minimum Gasteiger partial charge on any atom is -0.342 e. The maximum Gasteiger partial charge on any atom is 0.162 e. The van der Waals surface area contributed by atoms with E-state index in [1.807, 2.05) is 31.2 Å². The average molecular weight is 342 g/mol. The summed E-state index contributed by atoms with van der Waals surface area (Å²) in [5.74, 6) is 0.920. The maximum absolute atomic E-state index is 13.0. The minimum absolute atomic E-state index is 0.0370. The van der Waals surface area contributed by atoms with E-state index < -0.39 is 0 Å². The second-order valence-electron chi connectivity index (χ2n) is 7.56. The summed E-state index contributed by atoms with van der Waals surface area (Å²) < 4.78 is 0. The average Bonchev–Trinajstić information content (AvgIpc) is 2.85. The summed E-state index contributed by atoms with van der Waals surface area (Å²) in [4.78, 5) is 13.0. The Morgan fingerprint density at radius 2 is 2.08 bits per heavy atom. The zero-order valence-electron chi connectivity index (χ0n) is 14.0. The highest BCUT2D eigenvalue weighted by atomic mass is 35.5.